The van der Waals surface area contributed by atoms with Gasteiger partial charge in [-0.25, -0.2) is 15.0 Å². The van der Waals surface area contributed by atoms with Crippen LogP contribution in [0.1, 0.15) is 25.0 Å². The molecule has 8 heteroatoms. The zero-order valence-corrected chi connectivity index (χ0v) is 15.5. The van der Waals surface area contributed by atoms with Crippen LogP contribution in [0.15, 0.2) is 47.7 Å². The number of aromatic nitrogens is 4. The largest absolute Gasteiger partial charge is 0.350 e. The number of nitrogens with one attached hydrogen (secondary N) is 1. The van der Waals surface area contributed by atoms with Crippen molar-refractivity contribution >= 4 is 22.8 Å². The Morgan fingerprint density at radius 3 is 2.79 bits per heavy atom. The summed E-state index contributed by atoms with van der Waals surface area (Å²) < 4.78 is 1.47. The molecule has 0 aliphatic carbocycles. The molecule has 0 atom stereocenters. The van der Waals surface area contributed by atoms with Gasteiger partial charge in [0.05, 0.1) is 29.5 Å². The normalized spacial score (nSPS) is 13.8. The van der Waals surface area contributed by atoms with E-state index >= 15 is 0 Å². The van der Waals surface area contributed by atoms with E-state index in [1.165, 1.54) is 10.9 Å². The molecular weight excluding hydrogens is 356 g/mol. The van der Waals surface area contributed by atoms with Gasteiger partial charge in [0.15, 0.2) is 0 Å². The van der Waals surface area contributed by atoms with Crippen molar-refractivity contribution in [1.29, 1.82) is 0 Å². The molecule has 8 nitrogen and oxygen atoms in total. The van der Waals surface area contributed by atoms with Crippen LogP contribution in [0, 0.1) is 0 Å². The third-order valence-electron chi connectivity index (χ3n) is 4.87. The summed E-state index contributed by atoms with van der Waals surface area (Å²) in [5.41, 5.74) is 1.30. The number of aryl methyl sites for hydroxylation is 1. The van der Waals surface area contributed by atoms with Crippen molar-refractivity contribution in [2.24, 2.45) is 0 Å². The molecule has 1 N–H and O–H groups in total. The maximum Gasteiger partial charge on any atom is 0.261 e. The molecule has 144 valence electrons. The summed E-state index contributed by atoms with van der Waals surface area (Å²) in [6.07, 6.45) is 5.73. The van der Waals surface area contributed by atoms with Gasteiger partial charge >= 0.3 is 0 Å². The van der Waals surface area contributed by atoms with Crippen LogP contribution in [0.3, 0.4) is 0 Å². The maximum absolute atomic E-state index is 12.5. The molecule has 0 spiro atoms. The van der Waals surface area contributed by atoms with Crippen molar-refractivity contribution < 1.29 is 4.79 Å². The van der Waals surface area contributed by atoms with Gasteiger partial charge in [0, 0.05) is 32.3 Å². The van der Waals surface area contributed by atoms with Crippen molar-refractivity contribution in [3.05, 3.63) is 58.9 Å². The Morgan fingerprint density at radius 2 is 1.93 bits per heavy atom. The highest BCUT2D eigenvalue weighted by Crippen LogP contribution is 2.15. The van der Waals surface area contributed by atoms with Crippen molar-refractivity contribution in [3.8, 4) is 0 Å². The van der Waals surface area contributed by atoms with E-state index in [0.29, 0.717) is 17.4 Å². The van der Waals surface area contributed by atoms with Crippen LogP contribution < -0.4 is 15.8 Å². The predicted molar refractivity (Wildman–Crippen MR) is 106 cm³/mol. The van der Waals surface area contributed by atoms with Gasteiger partial charge in [-0.15, -0.1) is 0 Å². The molecule has 2 aromatic heterocycles. The van der Waals surface area contributed by atoms with Crippen LogP contribution in [0.2, 0.25) is 0 Å². The molecule has 0 radical (unpaired) electrons. The van der Waals surface area contributed by atoms with E-state index in [1.54, 1.807) is 30.5 Å². The van der Waals surface area contributed by atoms with Gasteiger partial charge in [-0.05, 0) is 31.0 Å². The summed E-state index contributed by atoms with van der Waals surface area (Å²) in [4.78, 5) is 39.9. The molecule has 3 aromatic rings. The number of carbonyl (C=O) groups is 1. The third kappa shape index (κ3) is 4.00. The second-order valence-electron chi connectivity index (χ2n) is 6.83. The first-order valence-corrected chi connectivity index (χ1v) is 9.48. The standard InChI is InChI=1S/C20H22N6O2/c27-18(8-12-26-14-23-17-6-2-1-5-16(17)19(26)28)22-13-15-7-9-21-20(24-15)25-10-3-4-11-25/h1-2,5-7,9,14H,3-4,8,10-13H2,(H,22,27). The van der Waals surface area contributed by atoms with Crippen LogP contribution in [0.4, 0.5) is 5.95 Å². The van der Waals surface area contributed by atoms with Crippen molar-refractivity contribution in [3.63, 3.8) is 0 Å². The molecule has 28 heavy (non-hydrogen) atoms. The smallest absolute Gasteiger partial charge is 0.261 e. The van der Waals surface area contributed by atoms with E-state index in [0.717, 1.165) is 37.6 Å². The molecule has 1 amide bonds. The van der Waals surface area contributed by atoms with Gasteiger partial charge in [0.1, 0.15) is 0 Å². The Balaban J connectivity index is 1.33. The molecular formula is C20H22N6O2. The minimum Gasteiger partial charge on any atom is -0.350 e. The van der Waals surface area contributed by atoms with Gasteiger partial charge in [-0.2, -0.15) is 0 Å². The van der Waals surface area contributed by atoms with Gasteiger partial charge < -0.3 is 10.2 Å². The van der Waals surface area contributed by atoms with Crippen molar-refractivity contribution in [2.75, 3.05) is 18.0 Å². The highest BCUT2D eigenvalue weighted by atomic mass is 16.1. The monoisotopic (exact) mass is 378 g/mol. The van der Waals surface area contributed by atoms with Crippen LogP contribution in [0.5, 0.6) is 0 Å². The lowest BCUT2D eigenvalue weighted by molar-refractivity contribution is -0.121. The molecule has 1 saturated heterocycles. The lowest BCUT2D eigenvalue weighted by Gasteiger charge is -2.15. The van der Waals surface area contributed by atoms with E-state index < -0.39 is 0 Å². The van der Waals surface area contributed by atoms with E-state index in [9.17, 15) is 9.59 Å². The number of anilines is 1. The number of hydrogen-bond acceptors (Lipinski definition) is 6. The molecule has 0 bridgehead atoms. The minimum atomic E-state index is -0.138. The molecule has 1 aromatic carbocycles. The summed E-state index contributed by atoms with van der Waals surface area (Å²) in [7, 11) is 0. The van der Waals surface area contributed by atoms with E-state index in [-0.39, 0.29) is 24.4 Å². The molecule has 4 rings (SSSR count). The second kappa shape index (κ2) is 8.16. The van der Waals surface area contributed by atoms with Crippen molar-refractivity contribution in [1.82, 2.24) is 24.8 Å². The fraction of sp³-hybridized carbons (Fsp3) is 0.350. The minimum absolute atomic E-state index is 0.135. The highest BCUT2D eigenvalue weighted by molar-refractivity contribution is 5.77. The van der Waals surface area contributed by atoms with Crippen molar-refractivity contribution in [2.45, 2.75) is 32.4 Å². The number of para-hydroxylation sites is 1. The van der Waals surface area contributed by atoms with E-state index in [2.05, 4.69) is 25.2 Å². The average molecular weight is 378 g/mol. The fourth-order valence-electron chi connectivity index (χ4n) is 3.32. The van der Waals surface area contributed by atoms with Crippen LogP contribution in [-0.2, 0) is 17.9 Å². The summed E-state index contributed by atoms with van der Waals surface area (Å²) in [6, 6.07) is 8.99. The number of benzene rings is 1. The number of carbonyl (C=O) groups excluding carboxylic acids is 1. The molecule has 1 fully saturated rings. The number of amides is 1. The Hall–Kier alpha value is -3.29. The summed E-state index contributed by atoms with van der Waals surface area (Å²) >= 11 is 0. The zero-order valence-electron chi connectivity index (χ0n) is 15.5. The summed E-state index contributed by atoms with van der Waals surface area (Å²) in [6.45, 7) is 2.58. The van der Waals surface area contributed by atoms with E-state index in [1.807, 2.05) is 6.07 Å². The lowest BCUT2D eigenvalue weighted by atomic mass is 10.2. The zero-order chi connectivity index (χ0) is 19.3. The fourth-order valence-corrected chi connectivity index (χ4v) is 3.32. The van der Waals surface area contributed by atoms with Gasteiger partial charge in [0.2, 0.25) is 11.9 Å². The Kier molecular flexibility index (Phi) is 5.27. The quantitative estimate of drug-likeness (QED) is 0.699. The molecule has 1 aliphatic heterocycles. The Labute approximate surface area is 162 Å². The molecule has 0 saturated carbocycles. The predicted octanol–water partition coefficient (Wildman–Crippen LogP) is 1.49. The van der Waals surface area contributed by atoms with Gasteiger partial charge in [-0.3, -0.25) is 14.2 Å². The van der Waals surface area contributed by atoms with E-state index in [4.69, 9.17) is 0 Å². The first-order chi connectivity index (χ1) is 13.7. The lowest BCUT2D eigenvalue weighted by Crippen LogP contribution is -2.28. The molecule has 0 unspecified atom stereocenters. The number of rotatable bonds is 6. The first-order valence-electron chi connectivity index (χ1n) is 9.48. The topological polar surface area (TPSA) is 93.0 Å². The maximum atomic E-state index is 12.5. The summed E-state index contributed by atoms with van der Waals surface area (Å²) in [5.74, 6) is 0.583. The van der Waals surface area contributed by atoms with Gasteiger partial charge in [-0.1, -0.05) is 12.1 Å². The molecule has 3 heterocycles. The number of hydrogen-bond donors (Lipinski definition) is 1. The van der Waals surface area contributed by atoms with Crippen LogP contribution in [-0.4, -0.2) is 38.5 Å². The number of fused-ring (bicyclic) bond motifs is 1. The first kappa shape index (κ1) is 18.1. The Morgan fingerprint density at radius 1 is 1.11 bits per heavy atom. The van der Waals surface area contributed by atoms with Gasteiger partial charge in [0.25, 0.3) is 5.56 Å². The highest BCUT2D eigenvalue weighted by Gasteiger charge is 2.15. The van der Waals surface area contributed by atoms with Crippen LogP contribution >= 0.6 is 0 Å². The third-order valence-corrected chi connectivity index (χ3v) is 4.87. The SMILES string of the molecule is O=C(CCn1cnc2ccccc2c1=O)NCc1ccnc(N2CCCC2)n1. The second-order valence-corrected chi connectivity index (χ2v) is 6.83. The number of nitrogens with zero attached hydrogens (tertiary/aromatic N) is 5. The Bertz CT molecular complexity index is 1040. The van der Waals surface area contributed by atoms with Crippen LogP contribution in [0.25, 0.3) is 10.9 Å². The average Bonchev–Trinajstić information content (AvgIpc) is 3.27. The summed E-state index contributed by atoms with van der Waals surface area (Å²) in [5, 5.41) is 3.42. The molecule has 1 aliphatic rings.